The topological polar surface area (TPSA) is 84.2 Å². The number of pyridine rings is 1. The van der Waals surface area contributed by atoms with E-state index >= 15 is 0 Å². The van der Waals surface area contributed by atoms with Gasteiger partial charge in [0.2, 0.25) is 5.92 Å². The molecule has 2 aliphatic rings. The highest BCUT2D eigenvalue weighted by Gasteiger charge is 2.58. The Balaban J connectivity index is 1.50. The van der Waals surface area contributed by atoms with Gasteiger partial charge in [0, 0.05) is 54.3 Å². The third-order valence-electron chi connectivity index (χ3n) is 7.38. The van der Waals surface area contributed by atoms with Crippen molar-refractivity contribution < 1.29 is 18.3 Å². The van der Waals surface area contributed by atoms with Crippen molar-refractivity contribution in [3.05, 3.63) is 59.0 Å². The number of amides is 1. The molecule has 3 aromatic rings. The number of nitrogens with zero attached hydrogens (tertiary/aromatic N) is 2. The lowest BCUT2D eigenvalue weighted by Gasteiger charge is -2.54. The Morgan fingerprint density at radius 3 is 2.76 bits per heavy atom. The van der Waals surface area contributed by atoms with Gasteiger partial charge >= 0.3 is 0 Å². The summed E-state index contributed by atoms with van der Waals surface area (Å²) in [7, 11) is 1.67. The molecule has 1 saturated carbocycles. The number of nitrogens with one attached hydrogen (secondary N) is 1. The minimum Gasteiger partial charge on any atom is -0.496 e. The lowest BCUT2D eigenvalue weighted by atomic mass is 9.59. The molecule has 1 aromatic carbocycles. The Labute approximate surface area is 191 Å². The third-order valence-corrected chi connectivity index (χ3v) is 7.38. The number of H-pyrrole nitrogens is 1. The van der Waals surface area contributed by atoms with E-state index in [1.807, 2.05) is 25.3 Å². The fourth-order valence-corrected chi connectivity index (χ4v) is 5.79. The van der Waals surface area contributed by atoms with Gasteiger partial charge in [-0.15, -0.1) is 0 Å². The molecule has 1 saturated heterocycles. The van der Waals surface area contributed by atoms with Crippen molar-refractivity contribution in [2.75, 3.05) is 13.7 Å². The van der Waals surface area contributed by atoms with Gasteiger partial charge in [-0.1, -0.05) is 6.07 Å². The number of likely N-dealkylation sites (tertiary alicyclic amines) is 1. The first-order valence-corrected chi connectivity index (χ1v) is 11.2. The SMILES string of the molecule is COc1cc(C)c2[nH]ccc2c1CN1CCC2(C[C@H]1c1ccc(C(N)=O)nc1)CC(F)(F)C2. The van der Waals surface area contributed by atoms with E-state index in [9.17, 15) is 13.6 Å². The summed E-state index contributed by atoms with van der Waals surface area (Å²) in [5.41, 5.74) is 9.35. The molecule has 2 aromatic heterocycles. The van der Waals surface area contributed by atoms with Gasteiger partial charge in [-0.3, -0.25) is 14.7 Å². The molecule has 1 amide bonds. The summed E-state index contributed by atoms with van der Waals surface area (Å²) in [6.07, 6.45) is 4.82. The highest BCUT2D eigenvalue weighted by atomic mass is 19.3. The fraction of sp³-hybridized carbons (Fsp3) is 0.440. The van der Waals surface area contributed by atoms with Crippen LogP contribution >= 0.6 is 0 Å². The van der Waals surface area contributed by atoms with Gasteiger partial charge in [-0.25, -0.2) is 8.78 Å². The van der Waals surface area contributed by atoms with Crippen LogP contribution in [0, 0.1) is 12.3 Å². The number of hydrogen-bond acceptors (Lipinski definition) is 4. The Kier molecular flexibility index (Phi) is 5.16. The minimum atomic E-state index is -2.57. The lowest BCUT2D eigenvalue weighted by Crippen LogP contribution is -2.53. The van der Waals surface area contributed by atoms with Gasteiger partial charge in [0.25, 0.3) is 5.91 Å². The number of ether oxygens (including phenoxy) is 1. The first kappa shape index (κ1) is 21.8. The van der Waals surface area contributed by atoms with Crippen molar-refractivity contribution in [2.24, 2.45) is 11.1 Å². The summed E-state index contributed by atoms with van der Waals surface area (Å²) in [6, 6.07) is 7.45. The van der Waals surface area contributed by atoms with Gasteiger partial charge < -0.3 is 15.5 Å². The number of fused-ring (bicyclic) bond motifs is 1. The Bertz CT molecular complexity index is 1200. The summed E-state index contributed by atoms with van der Waals surface area (Å²) in [5.74, 6) is -2.34. The number of piperidine rings is 1. The Morgan fingerprint density at radius 1 is 1.33 bits per heavy atom. The van der Waals surface area contributed by atoms with Crippen LogP contribution in [0.25, 0.3) is 10.9 Å². The molecule has 3 N–H and O–H groups in total. The summed E-state index contributed by atoms with van der Waals surface area (Å²) < 4.78 is 33.4. The van der Waals surface area contributed by atoms with Crippen molar-refractivity contribution in [3.63, 3.8) is 0 Å². The zero-order chi connectivity index (χ0) is 23.4. The quantitative estimate of drug-likeness (QED) is 0.584. The average molecular weight is 455 g/mol. The molecule has 5 rings (SSSR count). The second-order valence-corrected chi connectivity index (χ2v) is 9.63. The van der Waals surface area contributed by atoms with E-state index < -0.39 is 11.8 Å². The van der Waals surface area contributed by atoms with E-state index in [1.54, 1.807) is 19.4 Å². The third kappa shape index (κ3) is 3.86. The van der Waals surface area contributed by atoms with Crippen LogP contribution in [-0.2, 0) is 6.54 Å². The van der Waals surface area contributed by atoms with Gasteiger partial charge in [-0.2, -0.15) is 0 Å². The van der Waals surface area contributed by atoms with E-state index in [-0.39, 0.29) is 30.0 Å². The van der Waals surface area contributed by atoms with Crippen LogP contribution in [0.4, 0.5) is 8.78 Å². The highest BCUT2D eigenvalue weighted by Crippen LogP contribution is 2.60. The molecule has 0 bridgehead atoms. The molecule has 6 nitrogen and oxygen atoms in total. The maximum Gasteiger partial charge on any atom is 0.267 e. The maximum atomic E-state index is 13.9. The van der Waals surface area contributed by atoms with Crippen LogP contribution in [0.3, 0.4) is 0 Å². The number of benzene rings is 1. The first-order valence-electron chi connectivity index (χ1n) is 11.2. The van der Waals surface area contributed by atoms with Crippen LogP contribution < -0.4 is 10.5 Å². The van der Waals surface area contributed by atoms with Crippen molar-refractivity contribution >= 4 is 16.8 Å². The predicted octanol–water partition coefficient (Wildman–Crippen LogP) is 4.73. The highest BCUT2D eigenvalue weighted by molar-refractivity contribution is 5.90. The smallest absolute Gasteiger partial charge is 0.267 e. The van der Waals surface area contributed by atoms with E-state index in [0.717, 1.165) is 39.8 Å². The first-order chi connectivity index (χ1) is 15.7. The zero-order valence-electron chi connectivity index (χ0n) is 18.8. The monoisotopic (exact) mass is 454 g/mol. The molecular weight excluding hydrogens is 426 g/mol. The van der Waals surface area contributed by atoms with Gasteiger partial charge in [-0.05, 0) is 61.1 Å². The zero-order valence-corrected chi connectivity index (χ0v) is 18.8. The summed E-state index contributed by atoms with van der Waals surface area (Å²) >= 11 is 0. The van der Waals surface area contributed by atoms with Crippen LogP contribution in [0.1, 0.15) is 58.9 Å². The molecule has 1 spiro atoms. The second kappa shape index (κ2) is 7.80. The minimum absolute atomic E-state index is 0.0625. The number of aromatic nitrogens is 2. The number of nitrogens with two attached hydrogens (primary N) is 1. The number of methoxy groups -OCH3 is 1. The van der Waals surface area contributed by atoms with Crippen LogP contribution in [0.2, 0.25) is 0 Å². The summed E-state index contributed by atoms with van der Waals surface area (Å²) in [4.78, 5) is 21.3. The number of primary amides is 1. The lowest BCUT2D eigenvalue weighted by molar-refractivity contribution is -0.186. The van der Waals surface area contributed by atoms with Crippen molar-refractivity contribution in [2.45, 2.75) is 51.1 Å². The van der Waals surface area contributed by atoms with E-state index in [4.69, 9.17) is 10.5 Å². The number of aryl methyl sites for hydroxylation is 1. The molecular formula is C25H28F2N4O2. The summed E-state index contributed by atoms with van der Waals surface area (Å²) in [5, 5.41) is 1.10. The summed E-state index contributed by atoms with van der Waals surface area (Å²) in [6.45, 7) is 3.36. The standard InChI is InChI=1S/C25H28F2N4O2/c1-15-9-21(33-2)18(17-5-7-29-22(15)17)12-31-8-6-24(13-25(26,27)14-24)10-20(31)16-3-4-19(23(28)32)30-11-16/h3-5,7,9,11,20,29H,6,8,10,12-14H2,1-2H3,(H2,28,32)/t20-/m0/s1. The van der Waals surface area contributed by atoms with Crippen LogP contribution in [-0.4, -0.2) is 40.4 Å². The second-order valence-electron chi connectivity index (χ2n) is 9.63. The largest absolute Gasteiger partial charge is 0.496 e. The average Bonchev–Trinajstić information content (AvgIpc) is 3.26. The van der Waals surface area contributed by atoms with E-state index in [1.165, 1.54) is 0 Å². The maximum absolute atomic E-state index is 13.9. The number of hydrogen-bond donors (Lipinski definition) is 2. The van der Waals surface area contributed by atoms with Gasteiger partial charge in [0.1, 0.15) is 11.4 Å². The molecule has 1 aliphatic heterocycles. The molecule has 0 unspecified atom stereocenters. The van der Waals surface area contributed by atoms with Gasteiger partial charge in [0.15, 0.2) is 0 Å². The number of carbonyl (C=O) groups is 1. The molecule has 8 heteroatoms. The predicted molar refractivity (Wildman–Crippen MR) is 121 cm³/mol. The molecule has 1 aliphatic carbocycles. The number of alkyl halides is 2. The normalized spacial score (nSPS) is 21.8. The van der Waals surface area contributed by atoms with E-state index in [2.05, 4.69) is 20.9 Å². The Hall–Kier alpha value is -3.00. The Morgan fingerprint density at radius 2 is 2.12 bits per heavy atom. The van der Waals surface area contributed by atoms with E-state index in [0.29, 0.717) is 19.5 Å². The molecule has 0 radical (unpaired) electrons. The fourth-order valence-electron chi connectivity index (χ4n) is 5.79. The molecule has 174 valence electrons. The molecule has 2 fully saturated rings. The number of carbonyl (C=O) groups excluding carboxylic acids is 1. The molecule has 33 heavy (non-hydrogen) atoms. The van der Waals surface area contributed by atoms with Crippen molar-refractivity contribution in [3.8, 4) is 5.75 Å². The van der Waals surface area contributed by atoms with Crippen LogP contribution in [0.5, 0.6) is 5.75 Å². The number of rotatable bonds is 5. The number of aromatic amines is 1. The van der Waals surface area contributed by atoms with Crippen molar-refractivity contribution in [1.82, 2.24) is 14.9 Å². The number of halogens is 2. The van der Waals surface area contributed by atoms with Crippen LogP contribution in [0.15, 0.2) is 36.7 Å². The van der Waals surface area contributed by atoms with Crippen molar-refractivity contribution in [1.29, 1.82) is 0 Å². The van der Waals surface area contributed by atoms with Gasteiger partial charge in [0.05, 0.1) is 7.11 Å². The molecule has 3 heterocycles. The molecule has 1 atom stereocenters.